The first-order chi connectivity index (χ1) is 9.01. The number of hydrogen-bond acceptors (Lipinski definition) is 5. The van der Waals surface area contributed by atoms with Crippen molar-refractivity contribution < 1.29 is 24.2 Å². The lowest BCUT2D eigenvalue weighted by Crippen LogP contribution is -2.18. The first-order valence-electron chi connectivity index (χ1n) is 6.27. The summed E-state index contributed by atoms with van der Waals surface area (Å²) in [6.07, 6.45) is 0. The maximum atomic E-state index is 10.9. The van der Waals surface area contributed by atoms with Gasteiger partial charge in [-0.3, -0.25) is 0 Å². The molecule has 0 aliphatic rings. The molecule has 0 radical (unpaired) electrons. The zero-order valence-corrected chi connectivity index (χ0v) is 13.1. The molecular formula is C15H26O5. The maximum absolute atomic E-state index is 10.9. The summed E-state index contributed by atoms with van der Waals surface area (Å²) in [5.41, 5.74) is 0.836. The first kappa shape index (κ1) is 20.7. The van der Waals surface area contributed by atoms with Crippen molar-refractivity contribution in [1.82, 2.24) is 0 Å². The number of carbonyl (C=O) groups is 2. The second-order valence-corrected chi connectivity index (χ2v) is 5.56. The highest BCUT2D eigenvalue weighted by Crippen LogP contribution is 2.13. The minimum atomic E-state index is -0.455. The molecule has 0 amide bonds. The molecule has 0 saturated carbocycles. The Labute approximate surface area is 121 Å². The Morgan fingerprint density at radius 2 is 1.40 bits per heavy atom. The van der Waals surface area contributed by atoms with Crippen LogP contribution in [0.4, 0.5) is 0 Å². The lowest BCUT2D eigenvalue weighted by atomic mass is 9.99. The van der Waals surface area contributed by atoms with Crippen molar-refractivity contribution in [3.05, 3.63) is 24.3 Å². The summed E-state index contributed by atoms with van der Waals surface area (Å²) in [5.74, 6) is -0.760. The van der Waals surface area contributed by atoms with Gasteiger partial charge in [-0.25, -0.2) is 9.59 Å². The van der Waals surface area contributed by atoms with Crippen LogP contribution in [0.5, 0.6) is 0 Å². The minimum Gasteiger partial charge on any atom is -0.462 e. The van der Waals surface area contributed by atoms with E-state index in [4.69, 9.17) is 9.84 Å². The Morgan fingerprint density at radius 3 is 1.70 bits per heavy atom. The van der Waals surface area contributed by atoms with Gasteiger partial charge in [-0.15, -0.1) is 0 Å². The van der Waals surface area contributed by atoms with Gasteiger partial charge in [0.05, 0.1) is 13.2 Å². The summed E-state index contributed by atoms with van der Waals surface area (Å²) in [6, 6.07) is 0. The molecule has 116 valence electrons. The molecule has 0 aromatic heterocycles. The molecule has 0 bridgehead atoms. The molecule has 20 heavy (non-hydrogen) atoms. The average molecular weight is 286 g/mol. The minimum absolute atomic E-state index is 0.0328. The standard InChI is InChI=1S/C9H16O2.C6H10O3/c1-7(2)8(10)11-6-9(3,4)5;1-5(2)6(8)9-4-3-7/h1,6H2,2-5H3;7H,1,3-4H2,2H3. The van der Waals surface area contributed by atoms with Gasteiger partial charge in [-0.2, -0.15) is 0 Å². The zero-order valence-electron chi connectivity index (χ0n) is 13.1. The number of aliphatic hydroxyl groups excluding tert-OH is 1. The van der Waals surface area contributed by atoms with Crippen molar-refractivity contribution in [3.8, 4) is 0 Å². The number of ether oxygens (including phenoxy) is 2. The van der Waals surface area contributed by atoms with E-state index in [0.29, 0.717) is 17.8 Å². The van der Waals surface area contributed by atoms with Gasteiger partial charge in [0.2, 0.25) is 0 Å². The topological polar surface area (TPSA) is 72.8 Å². The zero-order chi connectivity index (χ0) is 16.3. The number of rotatable bonds is 5. The molecular weight excluding hydrogens is 260 g/mol. The molecule has 5 heteroatoms. The van der Waals surface area contributed by atoms with Crippen LogP contribution in [-0.2, 0) is 19.1 Å². The molecule has 0 saturated heterocycles. The van der Waals surface area contributed by atoms with Gasteiger partial charge in [0.1, 0.15) is 6.61 Å². The van der Waals surface area contributed by atoms with Gasteiger partial charge in [-0.1, -0.05) is 33.9 Å². The van der Waals surface area contributed by atoms with Crippen molar-refractivity contribution in [2.45, 2.75) is 34.6 Å². The fourth-order valence-corrected chi connectivity index (χ4v) is 0.667. The Bertz CT molecular complexity index is 350. The Balaban J connectivity index is 0. The van der Waals surface area contributed by atoms with Gasteiger partial charge in [0, 0.05) is 11.1 Å². The summed E-state index contributed by atoms with van der Waals surface area (Å²) in [5, 5.41) is 8.19. The van der Waals surface area contributed by atoms with Crippen LogP contribution in [0.15, 0.2) is 24.3 Å². The number of hydrogen-bond donors (Lipinski definition) is 1. The third kappa shape index (κ3) is 14.4. The second-order valence-electron chi connectivity index (χ2n) is 5.56. The molecule has 0 aromatic carbocycles. The normalized spacial score (nSPS) is 9.90. The smallest absolute Gasteiger partial charge is 0.333 e. The fourth-order valence-electron chi connectivity index (χ4n) is 0.667. The molecule has 0 fully saturated rings. The lowest BCUT2D eigenvalue weighted by Gasteiger charge is -2.17. The van der Waals surface area contributed by atoms with Crippen molar-refractivity contribution in [2.75, 3.05) is 19.8 Å². The van der Waals surface area contributed by atoms with Crippen molar-refractivity contribution in [3.63, 3.8) is 0 Å². The molecule has 0 heterocycles. The fraction of sp³-hybridized carbons (Fsp3) is 0.600. The van der Waals surface area contributed by atoms with E-state index in [0.717, 1.165) is 0 Å². The number of carbonyl (C=O) groups excluding carboxylic acids is 2. The van der Waals surface area contributed by atoms with E-state index in [1.54, 1.807) is 13.8 Å². The molecule has 0 spiro atoms. The van der Waals surface area contributed by atoms with E-state index in [-0.39, 0.29) is 24.6 Å². The molecule has 0 aliphatic heterocycles. The van der Waals surface area contributed by atoms with Crippen LogP contribution in [0.3, 0.4) is 0 Å². The molecule has 0 aromatic rings. The highest BCUT2D eigenvalue weighted by atomic mass is 16.5. The van der Waals surface area contributed by atoms with Gasteiger partial charge < -0.3 is 14.6 Å². The molecule has 5 nitrogen and oxygen atoms in total. The Kier molecular flexibility index (Phi) is 10.6. The second kappa shape index (κ2) is 10.2. The van der Waals surface area contributed by atoms with E-state index in [1.807, 2.05) is 20.8 Å². The van der Waals surface area contributed by atoms with E-state index in [2.05, 4.69) is 17.9 Å². The summed E-state index contributed by atoms with van der Waals surface area (Å²) in [7, 11) is 0. The summed E-state index contributed by atoms with van der Waals surface area (Å²) in [4.78, 5) is 21.3. The third-order valence-electron chi connectivity index (χ3n) is 1.66. The molecule has 0 atom stereocenters. The predicted octanol–water partition coefficient (Wildman–Crippen LogP) is 2.25. The molecule has 0 rings (SSSR count). The van der Waals surface area contributed by atoms with E-state index >= 15 is 0 Å². The van der Waals surface area contributed by atoms with Crippen molar-refractivity contribution in [2.24, 2.45) is 5.41 Å². The van der Waals surface area contributed by atoms with Crippen molar-refractivity contribution in [1.29, 1.82) is 0 Å². The highest BCUT2D eigenvalue weighted by Gasteiger charge is 2.13. The largest absolute Gasteiger partial charge is 0.462 e. The number of aliphatic hydroxyl groups is 1. The monoisotopic (exact) mass is 286 g/mol. The van der Waals surface area contributed by atoms with Gasteiger partial charge >= 0.3 is 11.9 Å². The molecule has 0 aliphatic carbocycles. The Morgan fingerprint density at radius 1 is 1.00 bits per heavy atom. The maximum Gasteiger partial charge on any atom is 0.333 e. The van der Waals surface area contributed by atoms with E-state index < -0.39 is 5.97 Å². The number of esters is 2. The average Bonchev–Trinajstić information content (AvgIpc) is 2.32. The Hall–Kier alpha value is -1.62. The van der Waals surface area contributed by atoms with Crippen LogP contribution >= 0.6 is 0 Å². The summed E-state index contributed by atoms with van der Waals surface area (Å²) in [6.45, 7) is 16.4. The first-order valence-corrected chi connectivity index (χ1v) is 6.27. The van der Waals surface area contributed by atoms with Crippen LogP contribution in [-0.4, -0.2) is 36.9 Å². The van der Waals surface area contributed by atoms with Crippen LogP contribution in [0.1, 0.15) is 34.6 Å². The van der Waals surface area contributed by atoms with Gasteiger partial charge in [0.25, 0.3) is 0 Å². The predicted molar refractivity (Wildman–Crippen MR) is 78.1 cm³/mol. The third-order valence-corrected chi connectivity index (χ3v) is 1.66. The quantitative estimate of drug-likeness (QED) is 0.620. The SMILES string of the molecule is C=C(C)C(=O)OCC(C)(C)C.C=C(C)C(=O)OCCO. The van der Waals surface area contributed by atoms with Crippen LogP contribution in [0.2, 0.25) is 0 Å². The van der Waals surface area contributed by atoms with Gasteiger partial charge in [0.15, 0.2) is 0 Å². The van der Waals surface area contributed by atoms with E-state index in [9.17, 15) is 9.59 Å². The van der Waals surface area contributed by atoms with Crippen LogP contribution in [0, 0.1) is 5.41 Å². The molecule has 1 N–H and O–H groups in total. The van der Waals surface area contributed by atoms with Crippen LogP contribution in [0.25, 0.3) is 0 Å². The summed E-state index contributed by atoms with van der Waals surface area (Å²) < 4.78 is 9.39. The van der Waals surface area contributed by atoms with Gasteiger partial charge in [-0.05, 0) is 19.3 Å². The highest BCUT2D eigenvalue weighted by molar-refractivity contribution is 5.87. The lowest BCUT2D eigenvalue weighted by molar-refractivity contribution is -0.141. The summed E-state index contributed by atoms with van der Waals surface area (Å²) >= 11 is 0. The van der Waals surface area contributed by atoms with Crippen molar-refractivity contribution >= 4 is 11.9 Å². The van der Waals surface area contributed by atoms with E-state index in [1.165, 1.54) is 0 Å². The molecule has 0 unspecified atom stereocenters. The van der Waals surface area contributed by atoms with Crippen LogP contribution < -0.4 is 0 Å².